The first kappa shape index (κ1) is 16.4. The van der Waals surface area contributed by atoms with Crippen molar-refractivity contribution in [3.63, 3.8) is 0 Å². The molecule has 24 heavy (non-hydrogen) atoms. The molecule has 1 aliphatic rings. The van der Waals surface area contributed by atoms with Crippen molar-refractivity contribution in [2.45, 2.75) is 18.8 Å². The molecule has 0 radical (unpaired) electrons. The highest BCUT2D eigenvalue weighted by Crippen LogP contribution is 2.24. The maximum atomic E-state index is 12.6. The summed E-state index contributed by atoms with van der Waals surface area (Å²) in [6.45, 7) is -0.390. The van der Waals surface area contributed by atoms with Crippen molar-refractivity contribution < 1.29 is 22.7 Å². The van der Waals surface area contributed by atoms with Crippen LogP contribution in [0.2, 0.25) is 0 Å². The maximum Gasteiger partial charge on any atom is 0.408 e. The van der Waals surface area contributed by atoms with Gasteiger partial charge in [-0.05, 0) is 12.1 Å². The molecule has 1 fully saturated rings. The van der Waals surface area contributed by atoms with Gasteiger partial charge in [0.1, 0.15) is 18.9 Å². The van der Waals surface area contributed by atoms with E-state index in [1.54, 1.807) is 30.3 Å². The Morgan fingerprint density at radius 2 is 2.04 bits per heavy atom. The van der Waals surface area contributed by atoms with Crippen LogP contribution >= 0.6 is 0 Å². The average molecular weight is 340 g/mol. The van der Waals surface area contributed by atoms with Crippen LogP contribution in [0.1, 0.15) is 22.2 Å². The summed E-state index contributed by atoms with van der Waals surface area (Å²) in [5.41, 5.74) is 0.499. The summed E-state index contributed by atoms with van der Waals surface area (Å²) in [7, 11) is 0. The molecule has 128 valence electrons. The zero-order valence-corrected chi connectivity index (χ0v) is 12.6. The van der Waals surface area contributed by atoms with Crippen molar-refractivity contribution in [3.8, 4) is 0 Å². The van der Waals surface area contributed by atoms with E-state index in [9.17, 15) is 18.0 Å². The molecule has 0 N–H and O–H groups in total. The summed E-state index contributed by atoms with van der Waals surface area (Å²) < 4.78 is 43.4. The van der Waals surface area contributed by atoms with Crippen LogP contribution in [0, 0.1) is 0 Å². The third kappa shape index (κ3) is 3.73. The number of carbonyl (C=O) groups is 1. The topological polar surface area (TPSA) is 60.3 Å². The molecule has 6 nitrogen and oxygen atoms in total. The summed E-state index contributed by atoms with van der Waals surface area (Å²) in [6, 6.07) is 8.06. The average Bonchev–Trinajstić information content (AvgIpc) is 3.01. The number of hydrogen-bond donors (Lipinski definition) is 0. The van der Waals surface area contributed by atoms with Gasteiger partial charge in [-0.3, -0.25) is 4.79 Å². The number of nitrogens with zero attached hydrogens (tertiary/aromatic N) is 4. The Bertz CT molecular complexity index is 702. The largest absolute Gasteiger partial charge is 0.408 e. The SMILES string of the molecule is O=C(c1ccccc1)N1CCOCC1c1ncn(CC(F)(F)F)n1. The van der Waals surface area contributed by atoms with Gasteiger partial charge in [0.25, 0.3) is 5.91 Å². The summed E-state index contributed by atoms with van der Waals surface area (Å²) in [5.74, 6) is -0.0840. The number of ether oxygens (including phenoxy) is 1. The first-order chi connectivity index (χ1) is 11.4. The van der Waals surface area contributed by atoms with E-state index in [1.807, 2.05) is 0 Å². The van der Waals surface area contributed by atoms with Gasteiger partial charge in [-0.2, -0.15) is 18.3 Å². The van der Waals surface area contributed by atoms with E-state index in [0.29, 0.717) is 18.7 Å². The molecular weight excluding hydrogens is 325 g/mol. The molecular formula is C15H15F3N4O2. The number of rotatable bonds is 3. The van der Waals surface area contributed by atoms with E-state index in [-0.39, 0.29) is 18.3 Å². The van der Waals surface area contributed by atoms with Crippen molar-refractivity contribution in [1.82, 2.24) is 19.7 Å². The molecule has 9 heteroatoms. The molecule has 1 atom stereocenters. The number of hydrogen-bond acceptors (Lipinski definition) is 4. The number of aromatic nitrogens is 3. The van der Waals surface area contributed by atoms with Crippen LogP contribution in [0.15, 0.2) is 36.7 Å². The lowest BCUT2D eigenvalue weighted by atomic mass is 10.1. The molecule has 0 saturated carbocycles. The normalized spacial score (nSPS) is 18.6. The highest BCUT2D eigenvalue weighted by Gasteiger charge is 2.33. The van der Waals surface area contributed by atoms with Gasteiger partial charge >= 0.3 is 6.18 Å². The Morgan fingerprint density at radius 1 is 1.29 bits per heavy atom. The second-order valence-electron chi connectivity index (χ2n) is 5.37. The fourth-order valence-corrected chi connectivity index (χ4v) is 2.53. The van der Waals surface area contributed by atoms with Crippen LogP contribution in [-0.4, -0.2) is 51.5 Å². The van der Waals surface area contributed by atoms with Crippen LogP contribution in [0.25, 0.3) is 0 Å². The van der Waals surface area contributed by atoms with Crippen molar-refractivity contribution in [1.29, 1.82) is 0 Å². The van der Waals surface area contributed by atoms with E-state index in [1.165, 1.54) is 4.90 Å². The van der Waals surface area contributed by atoms with Gasteiger partial charge < -0.3 is 9.64 Å². The van der Waals surface area contributed by atoms with Crippen LogP contribution in [-0.2, 0) is 11.3 Å². The molecule has 1 amide bonds. The second kappa shape index (κ2) is 6.60. The third-order valence-electron chi connectivity index (χ3n) is 3.60. The van der Waals surface area contributed by atoms with Crippen molar-refractivity contribution in [2.24, 2.45) is 0 Å². The Hall–Kier alpha value is -2.42. The summed E-state index contributed by atoms with van der Waals surface area (Å²) >= 11 is 0. The summed E-state index contributed by atoms with van der Waals surface area (Å²) in [4.78, 5) is 18.1. The molecule has 1 aliphatic heterocycles. The quantitative estimate of drug-likeness (QED) is 0.858. The minimum absolute atomic E-state index is 0.142. The number of amides is 1. The summed E-state index contributed by atoms with van der Waals surface area (Å²) in [5, 5.41) is 3.86. The third-order valence-corrected chi connectivity index (χ3v) is 3.60. The first-order valence-corrected chi connectivity index (χ1v) is 7.34. The molecule has 1 aromatic heterocycles. The van der Waals surface area contributed by atoms with Crippen LogP contribution in [0.3, 0.4) is 0 Å². The molecule has 0 bridgehead atoms. The maximum absolute atomic E-state index is 12.6. The van der Waals surface area contributed by atoms with Gasteiger partial charge in [-0.15, -0.1) is 0 Å². The fraction of sp³-hybridized carbons (Fsp3) is 0.400. The second-order valence-corrected chi connectivity index (χ2v) is 5.37. The highest BCUT2D eigenvalue weighted by atomic mass is 19.4. The predicted molar refractivity (Wildman–Crippen MR) is 77.1 cm³/mol. The minimum Gasteiger partial charge on any atom is -0.377 e. The van der Waals surface area contributed by atoms with Crippen molar-refractivity contribution in [3.05, 3.63) is 48.0 Å². The lowest BCUT2D eigenvalue weighted by Gasteiger charge is -2.34. The van der Waals surface area contributed by atoms with E-state index in [4.69, 9.17) is 4.74 Å². The lowest BCUT2D eigenvalue weighted by Crippen LogP contribution is -2.44. The molecule has 1 aromatic carbocycles. The van der Waals surface area contributed by atoms with Gasteiger partial charge in [0.2, 0.25) is 0 Å². The minimum atomic E-state index is -4.38. The monoisotopic (exact) mass is 340 g/mol. The van der Waals surface area contributed by atoms with Crippen LogP contribution in [0.5, 0.6) is 0 Å². The van der Waals surface area contributed by atoms with Gasteiger partial charge in [0.05, 0.1) is 13.2 Å². The van der Waals surface area contributed by atoms with E-state index in [0.717, 1.165) is 11.0 Å². The van der Waals surface area contributed by atoms with Gasteiger partial charge in [-0.1, -0.05) is 18.2 Å². The molecule has 1 unspecified atom stereocenters. The lowest BCUT2D eigenvalue weighted by molar-refractivity contribution is -0.142. The number of alkyl halides is 3. The standard InChI is InChI=1S/C15H15F3N4O2/c16-15(17,18)9-21-10-19-13(20-21)12-8-24-7-6-22(12)14(23)11-4-2-1-3-5-11/h1-5,10,12H,6-9H2. The fourth-order valence-electron chi connectivity index (χ4n) is 2.53. The van der Waals surface area contributed by atoms with Crippen molar-refractivity contribution >= 4 is 5.91 Å². The van der Waals surface area contributed by atoms with Crippen LogP contribution in [0.4, 0.5) is 13.2 Å². The first-order valence-electron chi connectivity index (χ1n) is 7.34. The number of halogens is 3. The van der Waals surface area contributed by atoms with E-state index in [2.05, 4.69) is 10.1 Å². The Balaban J connectivity index is 1.81. The zero-order valence-electron chi connectivity index (χ0n) is 12.6. The number of carbonyl (C=O) groups excluding carboxylic acids is 1. The van der Waals surface area contributed by atoms with Gasteiger partial charge in [0.15, 0.2) is 5.82 Å². The molecule has 0 aliphatic carbocycles. The summed E-state index contributed by atoms with van der Waals surface area (Å²) in [6.07, 6.45) is -3.36. The van der Waals surface area contributed by atoms with Gasteiger partial charge in [0, 0.05) is 12.1 Å². The molecule has 3 rings (SSSR count). The molecule has 1 saturated heterocycles. The smallest absolute Gasteiger partial charge is 0.377 e. The van der Waals surface area contributed by atoms with E-state index < -0.39 is 18.8 Å². The highest BCUT2D eigenvalue weighted by molar-refractivity contribution is 5.94. The molecule has 0 spiro atoms. The molecule has 2 heterocycles. The predicted octanol–water partition coefficient (Wildman–Crippen LogP) is 2.05. The Labute approximate surface area is 135 Å². The van der Waals surface area contributed by atoms with E-state index >= 15 is 0 Å². The van der Waals surface area contributed by atoms with Crippen LogP contribution < -0.4 is 0 Å². The van der Waals surface area contributed by atoms with Gasteiger partial charge in [-0.25, -0.2) is 9.67 Å². The Kier molecular flexibility index (Phi) is 4.52. The van der Waals surface area contributed by atoms with Crippen molar-refractivity contribution in [2.75, 3.05) is 19.8 Å². The Morgan fingerprint density at radius 3 is 2.75 bits per heavy atom. The molecule has 2 aromatic rings. The number of morpholine rings is 1. The number of benzene rings is 1. The zero-order chi connectivity index (χ0) is 17.2.